The van der Waals surface area contributed by atoms with E-state index in [-0.39, 0.29) is 17.3 Å². The van der Waals surface area contributed by atoms with Crippen molar-refractivity contribution < 1.29 is 13.2 Å². The maximum atomic E-state index is 12.7. The van der Waals surface area contributed by atoms with Crippen LogP contribution in [0.2, 0.25) is 0 Å². The standard InChI is InChI=1S/C23H29N3O3S/c1-3-26(4-2)30(28,29)22-12-8-11-21(17-22)24-23(27)18-25-15-13-20(14-16-25)19-9-6-5-7-10-19/h5-13,17H,3-4,14-16,18H2,1-2H3,(H,24,27). The maximum Gasteiger partial charge on any atom is 0.243 e. The van der Waals surface area contributed by atoms with Gasteiger partial charge in [0.05, 0.1) is 11.4 Å². The minimum absolute atomic E-state index is 0.149. The molecule has 0 radical (unpaired) electrons. The lowest BCUT2D eigenvalue weighted by Crippen LogP contribution is -2.36. The number of sulfonamides is 1. The minimum atomic E-state index is -3.56. The number of amides is 1. The molecule has 160 valence electrons. The van der Waals surface area contributed by atoms with E-state index in [2.05, 4.69) is 28.4 Å². The van der Waals surface area contributed by atoms with Crippen LogP contribution in [0.3, 0.4) is 0 Å². The Morgan fingerprint density at radius 3 is 2.43 bits per heavy atom. The minimum Gasteiger partial charge on any atom is -0.325 e. The summed E-state index contributed by atoms with van der Waals surface area (Å²) < 4.78 is 26.8. The number of nitrogens with zero attached hydrogens (tertiary/aromatic N) is 2. The number of rotatable bonds is 8. The zero-order chi connectivity index (χ0) is 21.6. The van der Waals surface area contributed by atoms with Gasteiger partial charge in [-0.2, -0.15) is 4.31 Å². The van der Waals surface area contributed by atoms with E-state index in [4.69, 9.17) is 0 Å². The molecule has 0 aliphatic carbocycles. The first-order valence-corrected chi connectivity index (χ1v) is 11.7. The normalized spacial score (nSPS) is 15.1. The van der Waals surface area contributed by atoms with Crippen LogP contribution in [-0.4, -0.2) is 56.3 Å². The Labute approximate surface area is 179 Å². The van der Waals surface area contributed by atoms with Crippen LogP contribution in [0.1, 0.15) is 25.8 Å². The van der Waals surface area contributed by atoms with E-state index in [1.807, 2.05) is 32.0 Å². The summed E-state index contributed by atoms with van der Waals surface area (Å²) in [5.74, 6) is -0.149. The fourth-order valence-corrected chi connectivity index (χ4v) is 5.12. The molecular formula is C23H29N3O3S. The van der Waals surface area contributed by atoms with Crippen molar-refractivity contribution in [3.63, 3.8) is 0 Å². The molecule has 0 bridgehead atoms. The largest absolute Gasteiger partial charge is 0.325 e. The van der Waals surface area contributed by atoms with Gasteiger partial charge in [-0.05, 0) is 35.8 Å². The van der Waals surface area contributed by atoms with Crippen LogP contribution in [0, 0.1) is 0 Å². The first-order chi connectivity index (χ1) is 14.4. The van der Waals surface area contributed by atoms with Gasteiger partial charge in [0.1, 0.15) is 0 Å². The molecule has 0 atom stereocenters. The summed E-state index contributed by atoms with van der Waals surface area (Å²) >= 11 is 0. The molecule has 1 aliphatic heterocycles. The van der Waals surface area contributed by atoms with Gasteiger partial charge in [0.15, 0.2) is 0 Å². The third-order valence-corrected chi connectivity index (χ3v) is 7.31. The van der Waals surface area contributed by atoms with Gasteiger partial charge < -0.3 is 5.32 Å². The monoisotopic (exact) mass is 427 g/mol. The van der Waals surface area contributed by atoms with Gasteiger partial charge in [-0.1, -0.05) is 56.3 Å². The number of nitrogens with one attached hydrogen (secondary N) is 1. The third kappa shape index (κ3) is 5.36. The average Bonchev–Trinajstić information content (AvgIpc) is 2.76. The molecule has 0 aromatic heterocycles. The van der Waals surface area contributed by atoms with Gasteiger partial charge in [-0.25, -0.2) is 8.42 Å². The lowest BCUT2D eigenvalue weighted by atomic mass is 10.00. The van der Waals surface area contributed by atoms with Gasteiger partial charge in [0.25, 0.3) is 0 Å². The van der Waals surface area contributed by atoms with Gasteiger partial charge in [0.2, 0.25) is 15.9 Å². The van der Waals surface area contributed by atoms with Crippen LogP contribution in [0.4, 0.5) is 5.69 Å². The van der Waals surface area contributed by atoms with Crippen LogP contribution < -0.4 is 5.32 Å². The summed E-state index contributed by atoms with van der Waals surface area (Å²) in [6, 6.07) is 16.7. The molecule has 1 aliphatic rings. The van der Waals surface area contributed by atoms with Gasteiger partial charge >= 0.3 is 0 Å². The Kier molecular flexibility index (Phi) is 7.42. The number of hydrogen-bond donors (Lipinski definition) is 1. The van der Waals surface area contributed by atoms with E-state index in [1.54, 1.807) is 18.2 Å². The second-order valence-electron chi connectivity index (χ2n) is 7.25. The lowest BCUT2D eigenvalue weighted by Gasteiger charge is -2.26. The van der Waals surface area contributed by atoms with Crippen molar-refractivity contribution in [1.82, 2.24) is 9.21 Å². The summed E-state index contributed by atoms with van der Waals surface area (Å²) in [6.45, 7) is 6.22. The third-order valence-electron chi connectivity index (χ3n) is 5.27. The summed E-state index contributed by atoms with van der Waals surface area (Å²) in [5, 5.41) is 2.84. The van der Waals surface area contributed by atoms with E-state index in [1.165, 1.54) is 21.5 Å². The van der Waals surface area contributed by atoms with E-state index >= 15 is 0 Å². The molecule has 0 unspecified atom stereocenters. The Morgan fingerprint density at radius 1 is 1.07 bits per heavy atom. The molecule has 0 saturated heterocycles. The number of benzene rings is 2. The smallest absolute Gasteiger partial charge is 0.243 e. The number of anilines is 1. The lowest BCUT2D eigenvalue weighted by molar-refractivity contribution is -0.117. The molecule has 6 nitrogen and oxygen atoms in total. The zero-order valence-corrected chi connectivity index (χ0v) is 18.4. The van der Waals surface area contributed by atoms with Gasteiger partial charge in [-0.3, -0.25) is 9.69 Å². The second-order valence-corrected chi connectivity index (χ2v) is 9.18. The number of hydrogen-bond acceptors (Lipinski definition) is 4. The van der Waals surface area contributed by atoms with Crippen LogP contribution >= 0.6 is 0 Å². The number of carbonyl (C=O) groups excluding carboxylic acids is 1. The van der Waals surface area contributed by atoms with E-state index in [0.29, 0.717) is 25.3 Å². The van der Waals surface area contributed by atoms with Gasteiger partial charge in [0, 0.05) is 31.9 Å². The van der Waals surface area contributed by atoms with Crippen molar-refractivity contribution in [1.29, 1.82) is 0 Å². The molecule has 7 heteroatoms. The molecule has 0 fully saturated rings. The molecule has 2 aromatic carbocycles. The SMILES string of the molecule is CCN(CC)S(=O)(=O)c1cccc(NC(=O)CN2CC=C(c3ccccc3)CC2)c1. The predicted molar refractivity (Wildman–Crippen MR) is 121 cm³/mol. The van der Waals surface area contributed by atoms with E-state index in [0.717, 1.165) is 13.0 Å². The van der Waals surface area contributed by atoms with Crippen molar-refractivity contribution in [2.24, 2.45) is 0 Å². The topological polar surface area (TPSA) is 69.7 Å². The van der Waals surface area contributed by atoms with Crippen LogP contribution in [0.15, 0.2) is 65.6 Å². The fourth-order valence-electron chi connectivity index (χ4n) is 3.62. The highest BCUT2D eigenvalue weighted by Gasteiger charge is 2.22. The molecule has 1 amide bonds. The van der Waals surface area contributed by atoms with Crippen LogP contribution in [-0.2, 0) is 14.8 Å². The molecule has 1 N–H and O–H groups in total. The Balaban J connectivity index is 1.60. The van der Waals surface area contributed by atoms with E-state index < -0.39 is 10.0 Å². The Bertz CT molecular complexity index is 999. The summed E-state index contributed by atoms with van der Waals surface area (Å²) in [7, 11) is -3.56. The van der Waals surface area contributed by atoms with E-state index in [9.17, 15) is 13.2 Å². The molecule has 0 spiro atoms. The van der Waals surface area contributed by atoms with Crippen molar-refractivity contribution in [3.8, 4) is 0 Å². The second kappa shape index (κ2) is 10.0. The first-order valence-electron chi connectivity index (χ1n) is 10.3. The zero-order valence-electron chi connectivity index (χ0n) is 17.5. The molecule has 2 aromatic rings. The quantitative estimate of drug-likeness (QED) is 0.701. The summed E-state index contributed by atoms with van der Waals surface area (Å²) in [4.78, 5) is 14.8. The molecule has 30 heavy (non-hydrogen) atoms. The fraction of sp³-hybridized carbons (Fsp3) is 0.348. The van der Waals surface area contributed by atoms with Crippen molar-refractivity contribution in [2.45, 2.75) is 25.2 Å². The summed E-state index contributed by atoms with van der Waals surface area (Å²) in [6.07, 6.45) is 3.07. The predicted octanol–water partition coefficient (Wildman–Crippen LogP) is 3.44. The van der Waals surface area contributed by atoms with Crippen molar-refractivity contribution >= 4 is 27.2 Å². The Hall–Kier alpha value is -2.48. The average molecular weight is 428 g/mol. The molecule has 1 heterocycles. The highest BCUT2D eigenvalue weighted by molar-refractivity contribution is 7.89. The molecule has 0 saturated carbocycles. The molecule has 3 rings (SSSR count). The molecular weight excluding hydrogens is 398 g/mol. The summed E-state index contributed by atoms with van der Waals surface area (Å²) in [5.41, 5.74) is 3.03. The highest BCUT2D eigenvalue weighted by atomic mass is 32.2. The van der Waals surface area contributed by atoms with Crippen molar-refractivity contribution in [2.75, 3.05) is 38.0 Å². The van der Waals surface area contributed by atoms with Crippen LogP contribution in [0.25, 0.3) is 5.57 Å². The maximum absolute atomic E-state index is 12.7. The highest BCUT2D eigenvalue weighted by Crippen LogP contribution is 2.22. The number of carbonyl (C=O) groups is 1. The van der Waals surface area contributed by atoms with Gasteiger partial charge in [-0.15, -0.1) is 0 Å². The first kappa shape index (κ1) is 22.2. The van der Waals surface area contributed by atoms with Crippen molar-refractivity contribution in [3.05, 3.63) is 66.2 Å². The Morgan fingerprint density at radius 2 is 1.80 bits per heavy atom. The van der Waals surface area contributed by atoms with Crippen LogP contribution in [0.5, 0.6) is 0 Å².